The summed E-state index contributed by atoms with van der Waals surface area (Å²) < 4.78 is 5.47. The molecule has 0 aliphatic heterocycles. The monoisotopic (exact) mass is 960 g/mol. The second-order valence-corrected chi connectivity index (χ2v) is 21.4. The van der Waals surface area contributed by atoms with Crippen LogP contribution >= 0.6 is 0 Å². The number of amides is 1. The first kappa shape index (κ1) is 66.6. The standard InChI is InChI=1S/C62H121NO5/c1-3-5-7-9-11-13-15-17-18-19-24-27-31-34-38-42-46-50-54-60(65)59(58-64)63-61(66)55-51-47-43-39-35-32-28-25-22-20-21-23-26-29-33-37-41-45-49-53-57-68-62(67)56-52-48-44-40-36-30-16-14-12-10-8-6-4-2/h20,22,59-60,64-65H,3-19,21,23-58H2,1-2H3,(H,63,66)/b22-20-. The first-order valence-corrected chi connectivity index (χ1v) is 30.9. The Morgan fingerprint density at radius 3 is 1.04 bits per heavy atom. The van der Waals surface area contributed by atoms with E-state index in [1.807, 2.05) is 0 Å². The van der Waals surface area contributed by atoms with Crippen molar-refractivity contribution in [2.24, 2.45) is 0 Å². The summed E-state index contributed by atoms with van der Waals surface area (Å²) in [7, 11) is 0. The van der Waals surface area contributed by atoms with Gasteiger partial charge in [-0.3, -0.25) is 9.59 Å². The number of nitrogens with one attached hydrogen (secondary N) is 1. The smallest absolute Gasteiger partial charge is 0.305 e. The highest BCUT2D eigenvalue weighted by Crippen LogP contribution is 2.18. The number of rotatable bonds is 58. The molecule has 6 heteroatoms. The maximum absolute atomic E-state index is 12.5. The van der Waals surface area contributed by atoms with Crippen LogP contribution in [-0.4, -0.2) is 47.4 Å². The van der Waals surface area contributed by atoms with Crippen LogP contribution in [0, 0.1) is 0 Å². The summed E-state index contributed by atoms with van der Waals surface area (Å²) in [5, 5.41) is 23.3. The highest BCUT2D eigenvalue weighted by Gasteiger charge is 2.20. The van der Waals surface area contributed by atoms with E-state index in [1.165, 1.54) is 276 Å². The summed E-state index contributed by atoms with van der Waals surface area (Å²) in [5.41, 5.74) is 0. The molecule has 0 fully saturated rings. The van der Waals surface area contributed by atoms with Gasteiger partial charge >= 0.3 is 5.97 Å². The number of carbonyl (C=O) groups excluding carboxylic acids is 2. The molecule has 0 aromatic carbocycles. The molecule has 0 aliphatic rings. The van der Waals surface area contributed by atoms with Gasteiger partial charge in [0.2, 0.25) is 5.91 Å². The van der Waals surface area contributed by atoms with E-state index >= 15 is 0 Å². The minimum Gasteiger partial charge on any atom is -0.466 e. The van der Waals surface area contributed by atoms with Crippen LogP contribution in [0.3, 0.4) is 0 Å². The number of hydrogen-bond donors (Lipinski definition) is 3. The van der Waals surface area contributed by atoms with E-state index in [-0.39, 0.29) is 18.5 Å². The van der Waals surface area contributed by atoms with Crippen LogP contribution < -0.4 is 5.32 Å². The van der Waals surface area contributed by atoms with Gasteiger partial charge in [0.1, 0.15) is 0 Å². The van der Waals surface area contributed by atoms with Crippen LogP contribution in [0.5, 0.6) is 0 Å². The minimum absolute atomic E-state index is 0.00855. The van der Waals surface area contributed by atoms with Crippen molar-refractivity contribution in [1.82, 2.24) is 5.32 Å². The summed E-state index contributed by atoms with van der Waals surface area (Å²) in [4.78, 5) is 24.5. The van der Waals surface area contributed by atoms with Crippen molar-refractivity contribution in [3.8, 4) is 0 Å². The van der Waals surface area contributed by atoms with E-state index in [4.69, 9.17) is 4.74 Å². The Morgan fingerprint density at radius 1 is 0.397 bits per heavy atom. The van der Waals surface area contributed by atoms with Gasteiger partial charge in [-0.25, -0.2) is 0 Å². The molecule has 0 aliphatic carbocycles. The molecule has 0 radical (unpaired) electrons. The molecular formula is C62H121NO5. The number of allylic oxidation sites excluding steroid dienone is 2. The van der Waals surface area contributed by atoms with E-state index in [0.29, 0.717) is 25.9 Å². The van der Waals surface area contributed by atoms with Gasteiger partial charge in [-0.1, -0.05) is 296 Å². The van der Waals surface area contributed by atoms with Crippen molar-refractivity contribution in [2.75, 3.05) is 13.2 Å². The number of carbonyl (C=O) groups is 2. The van der Waals surface area contributed by atoms with E-state index < -0.39 is 12.1 Å². The summed E-state index contributed by atoms with van der Waals surface area (Å²) in [6.45, 7) is 4.97. The number of ether oxygens (including phenoxy) is 1. The van der Waals surface area contributed by atoms with Crippen molar-refractivity contribution < 1.29 is 24.5 Å². The molecule has 404 valence electrons. The first-order valence-electron chi connectivity index (χ1n) is 30.9. The number of hydrogen-bond acceptors (Lipinski definition) is 5. The molecule has 6 nitrogen and oxygen atoms in total. The average molecular weight is 961 g/mol. The maximum Gasteiger partial charge on any atom is 0.305 e. The van der Waals surface area contributed by atoms with Crippen LogP contribution in [0.25, 0.3) is 0 Å². The molecule has 1 amide bonds. The summed E-state index contributed by atoms with van der Waals surface area (Å²) >= 11 is 0. The van der Waals surface area contributed by atoms with Gasteiger partial charge < -0.3 is 20.3 Å². The van der Waals surface area contributed by atoms with Gasteiger partial charge in [0.05, 0.1) is 25.4 Å². The van der Waals surface area contributed by atoms with Gasteiger partial charge in [-0.2, -0.15) is 0 Å². The Balaban J connectivity index is 3.42. The second-order valence-electron chi connectivity index (χ2n) is 21.4. The van der Waals surface area contributed by atoms with Gasteiger partial charge in [0.15, 0.2) is 0 Å². The van der Waals surface area contributed by atoms with Gasteiger partial charge in [0.25, 0.3) is 0 Å². The fourth-order valence-electron chi connectivity index (χ4n) is 9.81. The third-order valence-corrected chi connectivity index (χ3v) is 14.6. The molecule has 2 unspecified atom stereocenters. The maximum atomic E-state index is 12.5. The van der Waals surface area contributed by atoms with Crippen molar-refractivity contribution in [1.29, 1.82) is 0 Å². The van der Waals surface area contributed by atoms with E-state index in [1.54, 1.807) is 0 Å². The van der Waals surface area contributed by atoms with Crippen LogP contribution in [0.15, 0.2) is 12.2 Å². The molecule has 0 rings (SSSR count). The Bertz CT molecular complexity index is 1020. The lowest BCUT2D eigenvalue weighted by Crippen LogP contribution is -2.45. The molecule has 0 bridgehead atoms. The molecule has 0 saturated heterocycles. The third-order valence-electron chi connectivity index (χ3n) is 14.6. The topological polar surface area (TPSA) is 95.9 Å². The fraction of sp³-hybridized carbons (Fsp3) is 0.935. The number of esters is 1. The van der Waals surface area contributed by atoms with E-state index in [0.717, 1.165) is 38.5 Å². The molecule has 0 aromatic heterocycles. The zero-order chi connectivity index (χ0) is 49.3. The average Bonchev–Trinajstić information content (AvgIpc) is 3.34. The molecule has 0 aromatic rings. The molecule has 3 N–H and O–H groups in total. The lowest BCUT2D eigenvalue weighted by Gasteiger charge is -2.22. The van der Waals surface area contributed by atoms with Crippen LogP contribution in [0.4, 0.5) is 0 Å². The lowest BCUT2D eigenvalue weighted by molar-refractivity contribution is -0.143. The first-order chi connectivity index (χ1) is 33.5. The van der Waals surface area contributed by atoms with Crippen molar-refractivity contribution in [2.45, 2.75) is 360 Å². The second kappa shape index (κ2) is 58.2. The highest BCUT2D eigenvalue weighted by molar-refractivity contribution is 5.76. The molecular weight excluding hydrogens is 839 g/mol. The van der Waals surface area contributed by atoms with Gasteiger partial charge in [-0.15, -0.1) is 0 Å². The lowest BCUT2D eigenvalue weighted by atomic mass is 10.0. The van der Waals surface area contributed by atoms with Crippen LogP contribution in [-0.2, 0) is 14.3 Å². The Hall–Kier alpha value is -1.40. The minimum atomic E-state index is -0.669. The summed E-state index contributed by atoms with van der Waals surface area (Å²) in [6, 6.07) is -0.547. The van der Waals surface area contributed by atoms with E-state index in [9.17, 15) is 19.8 Å². The number of aliphatic hydroxyl groups is 2. The fourth-order valence-corrected chi connectivity index (χ4v) is 9.81. The van der Waals surface area contributed by atoms with Crippen molar-refractivity contribution in [3.63, 3.8) is 0 Å². The van der Waals surface area contributed by atoms with Crippen molar-refractivity contribution >= 4 is 11.9 Å². The predicted molar refractivity (Wildman–Crippen MR) is 297 cm³/mol. The summed E-state index contributed by atoms with van der Waals surface area (Å²) in [5.74, 6) is -0.0318. The largest absolute Gasteiger partial charge is 0.466 e. The number of unbranched alkanes of at least 4 members (excludes halogenated alkanes) is 45. The van der Waals surface area contributed by atoms with Gasteiger partial charge in [0, 0.05) is 12.8 Å². The number of aliphatic hydroxyl groups excluding tert-OH is 2. The Morgan fingerprint density at radius 2 is 0.691 bits per heavy atom. The molecule has 0 saturated carbocycles. The molecule has 68 heavy (non-hydrogen) atoms. The van der Waals surface area contributed by atoms with E-state index in [2.05, 4.69) is 31.3 Å². The van der Waals surface area contributed by atoms with Gasteiger partial charge in [-0.05, 0) is 51.4 Å². The van der Waals surface area contributed by atoms with Crippen LogP contribution in [0.2, 0.25) is 0 Å². The quantitative estimate of drug-likeness (QED) is 0.0321. The molecule has 0 spiro atoms. The predicted octanol–water partition coefficient (Wildman–Crippen LogP) is 19.2. The van der Waals surface area contributed by atoms with Crippen LogP contribution in [0.1, 0.15) is 348 Å². The summed E-state index contributed by atoms with van der Waals surface area (Å²) in [6.07, 6.45) is 69.3. The highest BCUT2D eigenvalue weighted by atomic mass is 16.5. The third kappa shape index (κ3) is 53.9. The SMILES string of the molecule is CCCCCCCCCCCCCCCCCCCCC(O)C(CO)NC(=O)CCCCCCCCC/C=C\CCCCCCCCCCCOC(=O)CCCCCCCCCCCCCCC. The zero-order valence-electron chi connectivity index (χ0n) is 46.1. The Labute approximate surface area is 425 Å². The molecule has 0 heterocycles. The van der Waals surface area contributed by atoms with Crippen molar-refractivity contribution in [3.05, 3.63) is 12.2 Å². The Kier molecular flexibility index (Phi) is 57.0. The molecule has 2 atom stereocenters. The normalized spacial score (nSPS) is 12.6. The zero-order valence-corrected chi connectivity index (χ0v) is 46.1.